The quantitative estimate of drug-likeness (QED) is 0.874. The van der Waals surface area contributed by atoms with Crippen molar-refractivity contribution < 1.29 is 5.11 Å². The second-order valence-corrected chi connectivity index (χ2v) is 5.22. The number of rotatable bonds is 2. The Balaban J connectivity index is 2.31. The molecule has 1 aromatic rings. The molecule has 1 fully saturated rings. The number of phenols is 1. The summed E-state index contributed by atoms with van der Waals surface area (Å²) in [5.41, 5.74) is 6.88. The second kappa shape index (κ2) is 4.32. The summed E-state index contributed by atoms with van der Waals surface area (Å²) in [5.74, 6) is 0.686. The Morgan fingerprint density at radius 2 is 2.13 bits per heavy atom. The Bertz CT molecular complexity index is 379. The van der Waals surface area contributed by atoms with E-state index in [1.807, 2.05) is 6.07 Å². The number of halogens is 2. The molecule has 0 aromatic heterocycles. The summed E-state index contributed by atoms with van der Waals surface area (Å²) in [6.07, 6.45) is 3.55. The van der Waals surface area contributed by atoms with E-state index in [-0.39, 0.29) is 11.8 Å². The summed E-state index contributed by atoms with van der Waals surface area (Å²) >= 11 is 9.12. The lowest BCUT2D eigenvalue weighted by molar-refractivity contribution is 0.260. The van der Waals surface area contributed by atoms with Gasteiger partial charge in [-0.2, -0.15) is 0 Å². The zero-order valence-corrected chi connectivity index (χ0v) is 10.6. The van der Waals surface area contributed by atoms with Crippen LogP contribution in [0.2, 0.25) is 5.02 Å². The van der Waals surface area contributed by atoms with Gasteiger partial charge in [-0.15, -0.1) is 0 Å². The summed E-state index contributed by atoms with van der Waals surface area (Å²) in [6.45, 7) is 0. The van der Waals surface area contributed by atoms with Gasteiger partial charge in [-0.05, 0) is 40.8 Å². The maximum atomic E-state index is 9.91. The first-order chi connectivity index (χ1) is 7.11. The highest BCUT2D eigenvalue weighted by molar-refractivity contribution is 9.10. The summed E-state index contributed by atoms with van der Waals surface area (Å²) in [5, 5.41) is 10.4. The van der Waals surface area contributed by atoms with E-state index in [1.165, 1.54) is 6.42 Å². The van der Waals surface area contributed by atoms with Crippen LogP contribution >= 0.6 is 27.5 Å². The van der Waals surface area contributed by atoms with Crippen LogP contribution in [0.4, 0.5) is 0 Å². The van der Waals surface area contributed by atoms with Crippen LogP contribution in [0.1, 0.15) is 30.9 Å². The van der Waals surface area contributed by atoms with Gasteiger partial charge in [0.05, 0.1) is 9.50 Å². The SMILES string of the molecule is N[C@@H](c1ccc(Cl)c(Br)c1O)C1CCC1. The van der Waals surface area contributed by atoms with Gasteiger partial charge in [-0.3, -0.25) is 0 Å². The first-order valence-corrected chi connectivity index (χ1v) is 6.21. The lowest BCUT2D eigenvalue weighted by Gasteiger charge is -2.31. The average Bonchev–Trinajstić information content (AvgIpc) is 2.11. The molecule has 2 rings (SSSR count). The highest BCUT2D eigenvalue weighted by Crippen LogP contribution is 2.42. The van der Waals surface area contributed by atoms with Gasteiger partial charge in [-0.25, -0.2) is 0 Å². The molecule has 0 bridgehead atoms. The molecule has 0 heterocycles. The third-order valence-corrected chi connectivity index (χ3v) is 4.46. The number of hydrogen-bond acceptors (Lipinski definition) is 2. The molecule has 1 aliphatic rings. The standard InChI is InChI=1S/C11H13BrClNO/c12-9-8(13)5-4-7(11(9)15)10(14)6-2-1-3-6/h4-6,10,15H,1-3,14H2/t10-/m1/s1. The van der Waals surface area contributed by atoms with Crippen molar-refractivity contribution in [2.24, 2.45) is 11.7 Å². The Morgan fingerprint density at radius 1 is 1.47 bits per heavy atom. The smallest absolute Gasteiger partial charge is 0.136 e. The fourth-order valence-electron chi connectivity index (χ4n) is 1.88. The molecule has 3 N–H and O–H groups in total. The number of nitrogens with two attached hydrogens (primary N) is 1. The lowest BCUT2D eigenvalue weighted by atomic mass is 9.77. The monoisotopic (exact) mass is 289 g/mol. The van der Waals surface area contributed by atoms with Crippen LogP contribution in [-0.2, 0) is 0 Å². The molecule has 15 heavy (non-hydrogen) atoms. The van der Waals surface area contributed by atoms with Gasteiger partial charge in [0, 0.05) is 11.6 Å². The van der Waals surface area contributed by atoms with E-state index in [4.69, 9.17) is 17.3 Å². The second-order valence-electron chi connectivity index (χ2n) is 4.02. The van der Waals surface area contributed by atoms with Crippen molar-refractivity contribution in [1.82, 2.24) is 0 Å². The Kier molecular flexibility index (Phi) is 3.24. The largest absolute Gasteiger partial charge is 0.506 e. The van der Waals surface area contributed by atoms with Crippen molar-refractivity contribution >= 4 is 27.5 Å². The van der Waals surface area contributed by atoms with E-state index >= 15 is 0 Å². The minimum Gasteiger partial charge on any atom is -0.506 e. The molecule has 1 atom stereocenters. The third kappa shape index (κ3) is 2.01. The topological polar surface area (TPSA) is 46.2 Å². The van der Waals surface area contributed by atoms with Crippen LogP contribution in [0.5, 0.6) is 5.75 Å². The van der Waals surface area contributed by atoms with Crippen molar-refractivity contribution in [1.29, 1.82) is 0 Å². The average molecular weight is 291 g/mol. The molecule has 1 saturated carbocycles. The van der Waals surface area contributed by atoms with E-state index in [9.17, 15) is 5.11 Å². The molecule has 0 radical (unpaired) electrons. The minimum absolute atomic E-state index is 0.0766. The number of benzene rings is 1. The van der Waals surface area contributed by atoms with Crippen LogP contribution in [0, 0.1) is 5.92 Å². The van der Waals surface area contributed by atoms with Crippen molar-refractivity contribution in [2.45, 2.75) is 25.3 Å². The first-order valence-electron chi connectivity index (χ1n) is 5.03. The number of phenolic OH excluding ortho intramolecular Hbond substituents is 1. The van der Waals surface area contributed by atoms with Gasteiger partial charge in [0.25, 0.3) is 0 Å². The van der Waals surface area contributed by atoms with Crippen molar-refractivity contribution in [3.63, 3.8) is 0 Å². The first kappa shape index (κ1) is 11.2. The predicted octanol–water partition coefficient (Wildman–Crippen LogP) is 3.61. The molecule has 0 saturated heterocycles. The van der Waals surface area contributed by atoms with E-state index in [1.54, 1.807) is 6.07 Å². The molecule has 1 aromatic carbocycles. The van der Waals surface area contributed by atoms with Gasteiger partial charge in [-0.1, -0.05) is 24.1 Å². The van der Waals surface area contributed by atoms with Crippen LogP contribution in [0.15, 0.2) is 16.6 Å². The Morgan fingerprint density at radius 3 is 2.67 bits per heavy atom. The van der Waals surface area contributed by atoms with E-state index < -0.39 is 0 Å². The van der Waals surface area contributed by atoms with Crippen LogP contribution in [0.3, 0.4) is 0 Å². The number of hydrogen-bond donors (Lipinski definition) is 2. The molecule has 1 aliphatic carbocycles. The van der Waals surface area contributed by atoms with Crippen LogP contribution in [0.25, 0.3) is 0 Å². The molecule has 2 nitrogen and oxygen atoms in total. The lowest BCUT2D eigenvalue weighted by Crippen LogP contribution is -2.26. The van der Waals surface area contributed by atoms with E-state index in [0.717, 1.165) is 18.4 Å². The van der Waals surface area contributed by atoms with Gasteiger partial charge in [0.15, 0.2) is 0 Å². The number of aromatic hydroxyl groups is 1. The normalized spacial score (nSPS) is 18.6. The fraction of sp³-hybridized carbons (Fsp3) is 0.455. The van der Waals surface area contributed by atoms with Gasteiger partial charge >= 0.3 is 0 Å². The fourth-order valence-corrected chi connectivity index (χ4v) is 2.39. The minimum atomic E-state index is -0.0766. The van der Waals surface area contributed by atoms with E-state index in [2.05, 4.69) is 15.9 Å². The highest BCUT2D eigenvalue weighted by Gasteiger charge is 2.28. The molecule has 0 amide bonds. The van der Waals surface area contributed by atoms with Crippen LogP contribution in [-0.4, -0.2) is 5.11 Å². The molecule has 82 valence electrons. The summed E-state index contributed by atoms with van der Waals surface area (Å²) < 4.78 is 0.538. The van der Waals surface area contributed by atoms with Crippen molar-refractivity contribution in [3.05, 3.63) is 27.2 Å². The van der Waals surface area contributed by atoms with Crippen LogP contribution < -0.4 is 5.73 Å². The van der Waals surface area contributed by atoms with Crippen molar-refractivity contribution in [3.8, 4) is 5.75 Å². The summed E-state index contributed by atoms with van der Waals surface area (Å²) in [7, 11) is 0. The van der Waals surface area contributed by atoms with Gasteiger partial charge < -0.3 is 10.8 Å². The van der Waals surface area contributed by atoms with Gasteiger partial charge in [0.1, 0.15) is 5.75 Å². The highest BCUT2D eigenvalue weighted by atomic mass is 79.9. The zero-order valence-electron chi connectivity index (χ0n) is 8.21. The molecule has 0 aliphatic heterocycles. The maximum Gasteiger partial charge on any atom is 0.136 e. The molecule has 4 heteroatoms. The van der Waals surface area contributed by atoms with Crippen molar-refractivity contribution in [2.75, 3.05) is 0 Å². The Labute approximate surface area is 103 Å². The molecular formula is C11H13BrClNO. The third-order valence-electron chi connectivity index (χ3n) is 3.12. The summed E-state index contributed by atoms with van der Waals surface area (Å²) in [6, 6.07) is 3.50. The molecule has 0 spiro atoms. The summed E-state index contributed by atoms with van der Waals surface area (Å²) in [4.78, 5) is 0. The molecule has 0 unspecified atom stereocenters. The molecular weight excluding hydrogens is 277 g/mol. The predicted molar refractivity (Wildman–Crippen MR) is 65.1 cm³/mol. The maximum absolute atomic E-state index is 9.91. The zero-order chi connectivity index (χ0) is 11.0. The Hall–Kier alpha value is -0.250. The van der Waals surface area contributed by atoms with Gasteiger partial charge in [0.2, 0.25) is 0 Å². The van der Waals surface area contributed by atoms with E-state index in [0.29, 0.717) is 15.4 Å².